The van der Waals surface area contributed by atoms with Crippen molar-refractivity contribution in [3.63, 3.8) is 0 Å². The second kappa shape index (κ2) is 7.14. The van der Waals surface area contributed by atoms with Crippen LogP contribution in [-0.4, -0.2) is 29.5 Å². The van der Waals surface area contributed by atoms with Gasteiger partial charge in [0.15, 0.2) is 0 Å². The van der Waals surface area contributed by atoms with Gasteiger partial charge >= 0.3 is 0 Å². The molecule has 0 aromatic heterocycles. The van der Waals surface area contributed by atoms with E-state index in [9.17, 15) is 4.79 Å². The van der Waals surface area contributed by atoms with E-state index in [1.807, 2.05) is 42.1 Å². The minimum atomic E-state index is -0.460. The molecule has 1 aliphatic carbocycles. The number of hydrogen-bond acceptors (Lipinski definition) is 3. The van der Waals surface area contributed by atoms with Crippen molar-refractivity contribution in [2.24, 2.45) is 5.73 Å². The smallest absolute Gasteiger partial charge is 0.237 e. The van der Waals surface area contributed by atoms with Crippen molar-refractivity contribution in [2.45, 2.75) is 42.9 Å². The molecule has 1 fully saturated rings. The summed E-state index contributed by atoms with van der Waals surface area (Å²) in [5.74, 6) is -0.0332. The molecular weight excluding hydrogens is 268 g/mol. The second-order valence-electron chi connectivity index (χ2n) is 5.61. The van der Waals surface area contributed by atoms with Crippen LogP contribution in [0.3, 0.4) is 0 Å². The molecule has 1 aromatic rings. The molecule has 20 heavy (non-hydrogen) atoms. The van der Waals surface area contributed by atoms with Gasteiger partial charge in [0.2, 0.25) is 5.91 Å². The maximum atomic E-state index is 12.1. The molecular formula is C16H24N2OS. The fourth-order valence-corrected chi connectivity index (χ4v) is 3.73. The Bertz CT molecular complexity index is 429. The topological polar surface area (TPSA) is 55.1 Å². The summed E-state index contributed by atoms with van der Waals surface area (Å²) in [5.41, 5.74) is 7.11. The zero-order chi connectivity index (χ0) is 14.4. The lowest BCUT2D eigenvalue weighted by atomic mass is 10.0. The van der Waals surface area contributed by atoms with Crippen molar-refractivity contribution in [2.75, 3.05) is 12.8 Å². The van der Waals surface area contributed by atoms with E-state index in [-0.39, 0.29) is 10.7 Å². The fraction of sp³-hybridized carbons (Fsp3) is 0.562. The fourth-order valence-electron chi connectivity index (χ4n) is 2.81. The van der Waals surface area contributed by atoms with Crippen LogP contribution in [0.4, 0.5) is 0 Å². The van der Waals surface area contributed by atoms with E-state index in [2.05, 4.69) is 11.6 Å². The van der Waals surface area contributed by atoms with Gasteiger partial charge in [-0.3, -0.25) is 4.79 Å². The molecule has 1 atom stereocenters. The lowest BCUT2D eigenvalue weighted by molar-refractivity contribution is -0.122. The molecule has 1 aromatic carbocycles. The predicted octanol–water partition coefficient (Wildman–Crippen LogP) is 2.35. The monoisotopic (exact) mass is 292 g/mol. The molecule has 3 nitrogen and oxygen atoms in total. The molecule has 0 bridgehead atoms. The summed E-state index contributed by atoms with van der Waals surface area (Å²) in [6.07, 6.45) is 7.67. The van der Waals surface area contributed by atoms with E-state index >= 15 is 0 Å². The average Bonchev–Trinajstić information content (AvgIpc) is 2.95. The van der Waals surface area contributed by atoms with Crippen LogP contribution < -0.4 is 11.1 Å². The van der Waals surface area contributed by atoms with Gasteiger partial charge in [-0.2, -0.15) is 11.8 Å². The number of rotatable bonds is 6. The standard InChI is InChI=1S/C16H24N2OS/c1-20-16(9-5-6-10-16)12-18-15(19)14(17)11-13-7-3-2-4-8-13/h2-4,7-8,14H,5-6,9-12,17H2,1H3,(H,18,19). The number of carbonyl (C=O) groups excluding carboxylic acids is 1. The largest absolute Gasteiger partial charge is 0.353 e. The van der Waals surface area contributed by atoms with Crippen LogP contribution in [0.5, 0.6) is 0 Å². The van der Waals surface area contributed by atoms with Gasteiger partial charge in [0.05, 0.1) is 6.04 Å². The van der Waals surface area contributed by atoms with Crippen molar-refractivity contribution in [1.29, 1.82) is 0 Å². The van der Waals surface area contributed by atoms with Crippen molar-refractivity contribution in [1.82, 2.24) is 5.32 Å². The van der Waals surface area contributed by atoms with E-state index in [0.29, 0.717) is 6.42 Å². The zero-order valence-electron chi connectivity index (χ0n) is 12.1. The highest BCUT2D eigenvalue weighted by molar-refractivity contribution is 8.00. The number of nitrogens with one attached hydrogen (secondary N) is 1. The SMILES string of the molecule is CSC1(CNC(=O)C(N)Cc2ccccc2)CCCC1. The first-order chi connectivity index (χ1) is 9.65. The molecule has 0 aliphatic heterocycles. The van der Waals surface area contributed by atoms with Crippen LogP contribution in [-0.2, 0) is 11.2 Å². The second-order valence-corrected chi connectivity index (χ2v) is 6.88. The van der Waals surface area contributed by atoms with E-state index < -0.39 is 6.04 Å². The highest BCUT2D eigenvalue weighted by Crippen LogP contribution is 2.39. The highest BCUT2D eigenvalue weighted by Gasteiger charge is 2.33. The number of hydrogen-bond donors (Lipinski definition) is 2. The summed E-state index contributed by atoms with van der Waals surface area (Å²) < 4.78 is 0.238. The van der Waals surface area contributed by atoms with Gasteiger partial charge in [-0.25, -0.2) is 0 Å². The van der Waals surface area contributed by atoms with Crippen molar-refractivity contribution in [3.05, 3.63) is 35.9 Å². The maximum absolute atomic E-state index is 12.1. The van der Waals surface area contributed by atoms with Crippen LogP contribution in [0.15, 0.2) is 30.3 Å². The Morgan fingerprint density at radius 2 is 2.00 bits per heavy atom. The first-order valence-electron chi connectivity index (χ1n) is 7.28. The number of thioether (sulfide) groups is 1. The number of benzene rings is 1. The normalized spacial score (nSPS) is 18.7. The van der Waals surface area contributed by atoms with Crippen LogP contribution in [0, 0.1) is 0 Å². The quantitative estimate of drug-likeness (QED) is 0.846. The zero-order valence-corrected chi connectivity index (χ0v) is 12.9. The Balaban J connectivity index is 1.82. The van der Waals surface area contributed by atoms with E-state index in [0.717, 1.165) is 12.1 Å². The molecule has 0 spiro atoms. The van der Waals surface area contributed by atoms with Gasteiger partial charge in [-0.1, -0.05) is 43.2 Å². The van der Waals surface area contributed by atoms with Gasteiger partial charge in [-0.05, 0) is 31.1 Å². The third-order valence-corrected chi connectivity index (χ3v) is 5.59. The Labute approximate surface area is 125 Å². The van der Waals surface area contributed by atoms with Gasteiger partial charge in [0, 0.05) is 11.3 Å². The number of nitrogens with two attached hydrogens (primary N) is 1. The summed E-state index contributed by atoms with van der Waals surface area (Å²) in [6.45, 7) is 0.746. The number of amides is 1. The van der Waals surface area contributed by atoms with Crippen LogP contribution >= 0.6 is 11.8 Å². The Morgan fingerprint density at radius 1 is 1.35 bits per heavy atom. The molecule has 1 aliphatic rings. The van der Waals surface area contributed by atoms with Gasteiger partial charge in [-0.15, -0.1) is 0 Å². The van der Waals surface area contributed by atoms with E-state index in [1.54, 1.807) is 0 Å². The predicted molar refractivity (Wildman–Crippen MR) is 85.8 cm³/mol. The minimum Gasteiger partial charge on any atom is -0.353 e. The van der Waals surface area contributed by atoms with Gasteiger partial charge in [0.25, 0.3) is 0 Å². The third kappa shape index (κ3) is 4.00. The Hall–Kier alpha value is -1.00. The molecule has 1 saturated carbocycles. The molecule has 4 heteroatoms. The van der Waals surface area contributed by atoms with Gasteiger partial charge < -0.3 is 11.1 Å². The summed E-state index contributed by atoms with van der Waals surface area (Å²) in [5, 5.41) is 3.05. The van der Waals surface area contributed by atoms with Crippen LogP contribution in [0.1, 0.15) is 31.2 Å². The Morgan fingerprint density at radius 3 is 2.60 bits per heavy atom. The molecule has 2 rings (SSSR count). The molecule has 0 radical (unpaired) electrons. The van der Waals surface area contributed by atoms with Crippen LogP contribution in [0.25, 0.3) is 0 Å². The third-order valence-electron chi connectivity index (χ3n) is 4.17. The molecule has 110 valence electrons. The molecule has 0 heterocycles. The van der Waals surface area contributed by atoms with E-state index in [4.69, 9.17) is 5.73 Å². The lowest BCUT2D eigenvalue weighted by Gasteiger charge is -2.27. The van der Waals surface area contributed by atoms with Crippen LogP contribution in [0.2, 0.25) is 0 Å². The van der Waals surface area contributed by atoms with E-state index in [1.165, 1.54) is 25.7 Å². The lowest BCUT2D eigenvalue weighted by Crippen LogP contribution is -2.46. The van der Waals surface area contributed by atoms with Gasteiger partial charge in [0.1, 0.15) is 0 Å². The summed E-state index contributed by atoms with van der Waals surface area (Å²) in [7, 11) is 0. The van der Waals surface area contributed by atoms with Crippen molar-refractivity contribution < 1.29 is 4.79 Å². The first-order valence-corrected chi connectivity index (χ1v) is 8.50. The summed E-state index contributed by atoms with van der Waals surface area (Å²) >= 11 is 1.88. The van der Waals surface area contributed by atoms with Crippen molar-refractivity contribution in [3.8, 4) is 0 Å². The summed E-state index contributed by atoms with van der Waals surface area (Å²) in [6, 6.07) is 9.47. The molecule has 3 N–H and O–H groups in total. The minimum absolute atomic E-state index is 0.0332. The molecule has 0 saturated heterocycles. The molecule has 1 unspecified atom stereocenters. The highest BCUT2D eigenvalue weighted by atomic mass is 32.2. The Kier molecular flexibility index (Phi) is 5.49. The number of carbonyl (C=O) groups is 1. The summed E-state index contributed by atoms with van der Waals surface area (Å²) in [4.78, 5) is 12.1. The molecule has 1 amide bonds. The first kappa shape index (κ1) is 15.4. The van der Waals surface area contributed by atoms with Crippen molar-refractivity contribution >= 4 is 17.7 Å². The maximum Gasteiger partial charge on any atom is 0.237 e. The average molecular weight is 292 g/mol.